The van der Waals surface area contributed by atoms with Crippen LogP contribution in [0.5, 0.6) is 0 Å². The number of amides is 1. The molecule has 2 aliphatic heterocycles. The number of hydrogen-bond acceptors (Lipinski definition) is 5. The maximum Gasteiger partial charge on any atom is 0.257 e. The summed E-state index contributed by atoms with van der Waals surface area (Å²) in [7, 11) is 0. The van der Waals surface area contributed by atoms with Crippen LogP contribution in [0.4, 0.5) is 5.95 Å². The van der Waals surface area contributed by atoms with Crippen molar-refractivity contribution >= 4 is 11.9 Å². The smallest absolute Gasteiger partial charge is 0.257 e. The predicted octanol–water partition coefficient (Wildman–Crippen LogP) is 1.42. The molecule has 1 N–H and O–H groups in total. The number of aromatic amines is 1. The van der Waals surface area contributed by atoms with E-state index in [0.29, 0.717) is 42.5 Å². The Morgan fingerprint density at radius 3 is 2.78 bits per heavy atom. The maximum atomic E-state index is 12.8. The number of nitrogens with zero attached hydrogens (tertiary/aromatic N) is 5. The first-order chi connectivity index (χ1) is 13.0. The Balaban J connectivity index is 1.56. The van der Waals surface area contributed by atoms with E-state index in [2.05, 4.69) is 21.9 Å². The van der Waals surface area contributed by atoms with Gasteiger partial charge in [0.15, 0.2) is 0 Å². The number of anilines is 1. The molecule has 2 aliphatic rings. The fourth-order valence-corrected chi connectivity index (χ4v) is 3.80. The first kappa shape index (κ1) is 17.8. The van der Waals surface area contributed by atoms with Crippen LogP contribution in [0.15, 0.2) is 17.2 Å². The summed E-state index contributed by atoms with van der Waals surface area (Å²) < 4.78 is 1.74. The Labute approximate surface area is 158 Å². The zero-order valence-electron chi connectivity index (χ0n) is 15.9. The van der Waals surface area contributed by atoms with Crippen molar-refractivity contribution in [3.05, 3.63) is 39.6 Å². The van der Waals surface area contributed by atoms with E-state index in [9.17, 15) is 9.59 Å². The minimum Gasteiger partial charge on any atom is -0.342 e. The molecule has 8 nitrogen and oxygen atoms in total. The van der Waals surface area contributed by atoms with E-state index in [1.807, 2.05) is 6.92 Å². The van der Waals surface area contributed by atoms with Gasteiger partial charge in [0.2, 0.25) is 5.95 Å². The highest BCUT2D eigenvalue weighted by Gasteiger charge is 2.27. The summed E-state index contributed by atoms with van der Waals surface area (Å²) in [4.78, 5) is 36.9. The van der Waals surface area contributed by atoms with Crippen molar-refractivity contribution in [3.8, 4) is 0 Å². The minimum absolute atomic E-state index is 0.0595. The second-order valence-electron chi connectivity index (χ2n) is 7.55. The number of piperidine rings is 1. The summed E-state index contributed by atoms with van der Waals surface area (Å²) in [5, 5.41) is 4.18. The van der Waals surface area contributed by atoms with Crippen LogP contribution in [0, 0.1) is 5.92 Å². The average Bonchev–Trinajstić information content (AvgIpc) is 3.16. The number of carbonyl (C=O) groups excluding carboxylic acids is 1. The van der Waals surface area contributed by atoms with Gasteiger partial charge in [-0.05, 0) is 32.1 Å². The van der Waals surface area contributed by atoms with Crippen molar-refractivity contribution in [2.75, 3.05) is 24.5 Å². The van der Waals surface area contributed by atoms with Gasteiger partial charge in [-0.1, -0.05) is 6.92 Å². The zero-order valence-corrected chi connectivity index (χ0v) is 15.9. The van der Waals surface area contributed by atoms with Crippen LogP contribution in [0.1, 0.15) is 48.3 Å². The summed E-state index contributed by atoms with van der Waals surface area (Å²) in [6.07, 6.45) is 6.11. The van der Waals surface area contributed by atoms with E-state index in [1.54, 1.807) is 22.0 Å². The molecule has 0 saturated carbocycles. The number of nitrogens with one attached hydrogen (secondary N) is 1. The van der Waals surface area contributed by atoms with Crippen LogP contribution in [0.2, 0.25) is 0 Å². The molecule has 1 saturated heterocycles. The molecule has 0 atom stereocenters. The van der Waals surface area contributed by atoms with E-state index in [4.69, 9.17) is 4.98 Å². The molecule has 144 valence electrons. The van der Waals surface area contributed by atoms with Crippen LogP contribution in [-0.2, 0) is 19.5 Å². The average molecular weight is 370 g/mol. The molecule has 0 bridgehead atoms. The fraction of sp³-hybridized carbons (Fsp3) is 0.579. The van der Waals surface area contributed by atoms with Gasteiger partial charge in [-0.15, -0.1) is 0 Å². The molecular formula is C19H26N6O2. The first-order valence-corrected chi connectivity index (χ1v) is 9.74. The molecule has 0 unspecified atom stereocenters. The topological polar surface area (TPSA) is 87.1 Å². The SMILES string of the molecule is CCn1cc(C(=O)N2CCc3c(nc(N4CCC(C)CC4)[nH]c3=O)C2)cn1. The Morgan fingerprint density at radius 2 is 2.07 bits per heavy atom. The molecule has 27 heavy (non-hydrogen) atoms. The van der Waals surface area contributed by atoms with Crippen LogP contribution in [0.25, 0.3) is 0 Å². The molecule has 4 heterocycles. The lowest BCUT2D eigenvalue weighted by Crippen LogP contribution is -2.41. The van der Waals surface area contributed by atoms with Crippen molar-refractivity contribution in [1.82, 2.24) is 24.6 Å². The minimum atomic E-state index is -0.0699. The second kappa shape index (κ2) is 7.17. The fourth-order valence-electron chi connectivity index (χ4n) is 3.80. The third kappa shape index (κ3) is 3.48. The molecule has 2 aromatic heterocycles. The number of fused-ring (bicyclic) bond motifs is 1. The van der Waals surface area contributed by atoms with Gasteiger partial charge in [-0.25, -0.2) is 4.98 Å². The molecule has 1 fully saturated rings. The summed E-state index contributed by atoms with van der Waals surface area (Å²) in [5.41, 5.74) is 1.93. The van der Waals surface area contributed by atoms with Gasteiger partial charge < -0.3 is 9.80 Å². The summed E-state index contributed by atoms with van der Waals surface area (Å²) in [6.45, 7) is 7.66. The first-order valence-electron chi connectivity index (χ1n) is 9.74. The van der Waals surface area contributed by atoms with Gasteiger partial charge >= 0.3 is 0 Å². The van der Waals surface area contributed by atoms with Crippen molar-refractivity contribution in [1.29, 1.82) is 0 Å². The van der Waals surface area contributed by atoms with Gasteiger partial charge in [-0.3, -0.25) is 19.3 Å². The number of hydrogen-bond donors (Lipinski definition) is 1. The van der Waals surface area contributed by atoms with Crippen molar-refractivity contribution in [3.63, 3.8) is 0 Å². The molecule has 2 aromatic rings. The third-order valence-corrected chi connectivity index (χ3v) is 5.64. The largest absolute Gasteiger partial charge is 0.342 e. The normalized spacial score (nSPS) is 17.9. The van der Waals surface area contributed by atoms with Crippen molar-refractivity contribution in [2.24, 2.45) is 5.92 Å². The monoisotopic (exact) mass is 370 g/mol. The lowest BCUT2D eigenvalue weighted by Gasteiger charge is -2.32. The summed E-state index contributed by atoms with van der Waals surface area (Å²) >= 11 is 0. The number of rotatable bonds is 3. The number of H-pyrrole nitrogens is 1. The van der Waals surface area contributed by atoms with Crippen LogP contribution >= 0.6 is 0 Å². The maximum absolute atomic E-state index is 12.8. The van der Waals surface area contributed by atoms with Crippen LogP contribution < -0.4 is 10.5 Å². The predicted molar refractivity (Wildman–Crippen MR) is 102 cm³/mol. The summed E-state index contributed by atoms with van der Waals surface area (Å²) in [6, 6.07) is 0. The molecular weight excluding hydrogens is 344 g/mol. The highest BCUT2D eigenvalue weighted by molar-refractivity contribution is 5.93. The second-order valence-corrected chi connectivity index (χ2v) is 7.55. The van der Waals surface area contributed by atoms with Gasteiger partial charge in [0.1, 0.15) is 0 Å². The van der Waals surface area contributed by atoms with Gasteiger partial charge in [0.25, 0.3) is 11.5 Å². The van der Waals surface area contributed by atoms with Crippen LogP contribution in [-0.4, -0.2) is 50.2 Å². The molecule has 8 heteroatoms. The quantitative estimate of drug-likeness (QED) is 0.883. The van der Waals surface area contributed by atoms with E-state index in [-0.39, 0.29) is 11.5 Å². The Hall–Kier alpha value is -2.64. The van der Waals surface area contributed by atoms with Gasteiger partial charge in [0, 0.05) is 37.9 Å². The Kier molecular flexibility index (Phi) is 4.72. The zero-order chi connectivity index (χ0) is 19.0. The number of aryl methyl sites for hydroxylation is 1. The van der Waals surface area contributed by atoms with E-state index in [0.717, 1.165) is 38.2 Å². The molecule has 0 aromatic carbocycles. The van der Waals surface area contributed by atoms with Crippen molar-refractivity contribution in [2.45, 2.75) is 46.2 Å². The number of carbonyl (C=O) groups is 1. The highest BCUT2D eigenvalue weighted by Crippen LogP contribution is 2.22. The third-order valence-electron chi connectivity index (χ3n) is 5.64. The van der Waals surface area contributed by atoms with Gasteiger partial charge in [-0.2, -0.15) is 5.10 Å². The van der Waals surface area contributed by atoms with Crippen LogP contribution in [0.3, 0.4) is 0 Å². The Bertz CT molecular complexity index is 894. The van der Waals surface area contributed by atoms with E-state index < -0.39 is 0 Å². The number of aromatic nitrogens is 4. The van der Waals surface area contributed by atoms with E-state index in [1.165, 1.54) is 0 Å². The lowest BCUT2D eigenvalue weighted by atomic mass is 9.99. The summed E-state index contributed by atoms with van der Waals surface area (Å²) in [5.74, 6) is 1.29. The Morgan fingerprint density at radius 1 is 1.30 bits per heavy atom. The lowest BCUT2D eigenvalue weighted by molar-refractivity contribution is 0.0731. The van der Waals surface area contributed by atoms with Gasteiger partial charge in [0.05, 0.1) is 24.0 Å². The van der Waals surface area contributed by atoms with Crippen molar-refractivity contribution < 1.29 is 4.79 Å². The molecule has 0 radical (unpaired) electrons. The molecule has 0 aliphatic carbocycles. The molecule has 0 spiro atoms. The van der Waals surface area contributed by atoms with E-state index >= 15 is 0 Å². The highest BCUT2D eigenvalue weighted by atomic mass is 16.2. The standard InChI is InChI=1S/C19H26N6O2/c1-3-25-11-14(10-20-25)18(27)24-9-6-15-16(12-24)21-19(22-17(15)26)23-7-4-13(2)5-8-23/h10-11,13H,3-9,12H2,1-2H3,(H,21,22,26). The molecule has 4 rings (SSSR count). The molecule has 1 amide bonds.